The molecule has 0 aliphatic rings. The minimum absolute atomic E-state index is 0.0664. The summed E-state index contributed by atoms with van der Waals surface area (Å²) in [5.41, 5.74) is 0. The van der Waals surface area contributed by atoms with E-state index in [2.05, 4.69) is 0 Å². The van der Waals surface area contributed by atoms with Crippen molar-refractivity contribution >= 4 is 5.97 Å². The van der Waals surface area contributed by atoms with Crippen molar-refractivity contribution in [1.29, 1.82) is 0 Å². The first-order valence-corrected chi connectivity index (χ1v) is 5.60. The van der Waals surface area contributed by atoms with Crippen LogP contribution in [0, 0.1) is 17.7 Å². The zero-order valence-corrected chi connectivity index (χ0v) is 10.0. The highest BCUT2D eigenvalue weighted by Gasteiger charge is 2.19. The third-order valence-corrected chi connectivity index (χ3v) is 2.35. The number of rotatable bonds is 6. The molecule has 4 heteroatoms. The Kier molecular flexibility index (Phi) is 4.94. The lowest BCUT2D eigenvalue weighted by molar-refractivity contribution is -0.143. The van der Waals surface area contributed by atoms with Crippen LogP contribution in [0.5, 0.6) is 5.75 Å². The van der Waals surface area contributed by atoms with E-state index in [1.165, 1.54) is 18.2 Å². The number of carbonyl (C=O) groups is 1. The van der Waals surface area contributed by atoms with Gasteiger partial charge in [-0.15, -0.1) is 0 Å². The minimum Gasteiger partial charge on any atom is -0.493 e. The highest BCUT2D eigenvalue weighted by Crippen LogP contribution is 2.16. The number of carboxylic acid groups (broad SMARTS) is 1. The van der Waals surface area contributed by atoms with Gasteiger partial charge in [0.05, 0.1) is 5.92 Å². The topological polar surface area (TPSA) is 46.5 Å². The quantitative estimate of drug-likeness (QED) is 0.831. The molecule has 0 heterocycles. The Morgan fingerprint density at radius 3 is 2.71 bits per heavy atom. The summed E-state index contributed by atoms with van der Waals surface area (Å²) >= 11 is 0. The Labute approximate surface area is 100 Å². The average Bonchev–Trinajstić information content (AvgIpc) is 2.23. The van der Waals surface area contributed by atoms with Gasteiger partial charge in [-0.3, -0.25) is 4.79 Å². The molecule has 1 aromatic carbocycles. The Bertz CT molecular complexity index is 377. The fourth-order valence-electron chi connectivity index (χ4n) is 1.56. The Morgan fingerprint density at radius 1 is 1.47 bits per heavy atom. The van der Waals surface area contributed by atoms with E-state index in [0.29, 0.717) is 12.2 Å². The van der Waals surface area contributed by atoms with Gasteiger partial charge in [-0.1, -0.05) is 19.9 Å². The molecule has 0 amide bonds. The van der Waals surface area contributed by atoms with Gasteiger partial charge in [-0.2, -0.15) is 0 Å². The lowest BCUT2D eigenvalue weighted by Gasteiger charge is -2.15. The van der Waals surface area contributed by atoms with Crippen molar-refractivity contribution in [3.63, 3.8) is 0 Å². The van der Waals surface area contributed by atoms with Gasteiger partial charge in [0.25, 0.3) is 0 Å². The third-order valence-electron chi connectivity index (χ3n) is 2.35. The predicted molar refractivity (Wildman–Crippen MR) is 62.5 cm³/mol. The van der Waals surface area contributed by atoms with Crippen LogP contribution in [0.4, 0.5) is 4.39 Å². The van der Waals surface area contributed by atoms with Crippen LogP contribution in [0.2, 0.25) is 0 Å². The molecule has 1 unspecified atom stereocenters. The van der Waals surface area contributed by atoms with Gasteiger partial charge in [0, 0.05) is 6.07 Å². The van der Waals surface area contributed by atoms with E-state index in [-0.39, 0.29) is 12.5 Å². The van der Waals surface area contributed by atoms with Crippen molar-refractivity contribution in [2.75, 3.05) is 6.61 Å². The number of hydrogen-bond donors (Lipinski definition) is 1. The zero-order chi connectivity index (χ0) is 12.8. The molecule has 1 rings (SSSR count). The van der Waals surface area contributed by atoms with Crippen LogP contribution >= 0.6 is 0 Å². The van der Waals surface area contributed by atoms with E-state index in [4.69, 9.17) is 9.84 Å². The van der Waals surface area contributed by atoms with Gasteiger partial charge in [0.1, 0.15) is 18.2 Å². The summed E-state index contributed by atoms with van der Waals surface area (Å²) in [6, 6.07) is 5.70. The van der Waals surface area contributed by atoms with Crippen molar-refractivity contribution in [3.8, 4) is 5.75 Å². The first-order valence-electron chi connectivity index (χ1n) is 5.60. The highest BCUT2D eigenvalue weighted by molar-refractivity contribution is 5.70. The van der Waals surface area contributed by atoms with Gasteiger partial charge in [-0.25, -0.2) is 4.39 Å². The van der Waals surface area contributed by atoms with E-state index < -0.39 is 17.7 Å². The van der Waals surface area contributed by atoms with Gasteiger partial charge in [0.2, 0.25) is 0 Å². The Balaban J connectivity index is 2.54. The SMILES string of the molecule is CC(C)CC(COc1cccc(F)c1)C(=O)O. The summed E-state index contributed by atoms with van der Waals surface area (Å²) < 4.78 is 18.2. The monoisotopic (exact) mass is 240 g/mol. The van der Waals surface area contributed by atoms with Crippen LogP contribution in [0.3, 0.4) is 0 Å². The molecule has 0 spiro atoms. The fraction of sp³-hybridized carbons (Fsp3) is 0.462. The van der Waals surface area contributed by atoms with Crippen molar-refractivity contribution < 1.29 is 19.0 Å². The molecule has 3 nitrogen and oxygen atoms in total. The molecule has 0 fully saturated rings. The smallest absolute Gasteiger partial charge is 0.309 e. The minimum atomic E-state index is -0.880. The molecule has 1 atom stereocenters. The summed E-state index contributed by atoms with van der Waals surface area (Å²) in [4.78, 5) is 11.0. The molecule has 0 aliphatic heterocycles. The fourth-order valence-corrected chi connectivity index (χ4v) is 1.56. The number of ether oxygens (including phenoxy) is 1. The normalized spacial score (nSPS) is 12.5. The molecule has 0 radical (unpaired) electrons. The van der Waals surface area contributed by atoms with Crippen LogP contribution in [-0.2, 0) is 4.79 Å². The second-order valence-electron chi connectivity index (χ2n) is 4.43. The predicted octanol–water partition coefficient (Wildman–Crippen LogP) is 2.95. The largest absolute Gasteiger partial charge is 0.493 e. The van der Waals surface area contributed by atoms with Crippen LogP contribution < -0.4 is 4.74 Å². The van der Waals surface area contributed by atoms with Gasteiger partial charge < -0.3 is 9.84 Å². The number of carboxylic acids is 1. The van der Waals surface area contributed by atoms with Crippen molar-refractivity contribution in [3.05, 3.63) is 30.1 Å². The highest BCUT2D eigenvalue weighted by atomic mass is 19.1. The van der Waals surface area contributed by atoms with Crippen LogP contribution in [0.1, 0.15) is 20.3 Å². The van der Waals surface area contributed by atoms with Crippen LogP contribution in [0.15, 0.2) is 24.3 Å². The van der Waals surface area contributed by atoms with E-state index >= 15 is 0 Å². The van der Waals surface area contributed by atoms with Gasteiger partial charge in [-0.05, 0) is 24.5 Å². The maximum atomic E-state index is 12.9. The van der Waals surface area contributed by atoms with Crippen molar-refractivity contribution in [2.45, 2.75) is 20.3 Å². The van der Waals surface area contributed by atoms with E-state index in [9.17, 15) is 9.18 Å². The standard InChI is InChI=1S/C13H17FO3/c1-9(2)6-10(13(15)16)8-17-12-5-3-4-11(14)7-12/h3-5,7,9-10H,6,8H2,1-2H3,(H,15,16). The first kappa shape index (κ1) is 13.5. The number of hydrogen-bond acceptors (Lipinski definition) is 2. The second kappa shape index (κ2) is 6.23. The molecule has 94 valence electrons. The molecule has 17 heavy (non-hydrogen) atoms. The second-order valence-corrected chi connectivity index (χ2v) is 4.43. The first-order chi connectivity index (χ1) is 7.99. The summed E-state index contributed by atoms with van der Waals surface area (Å²) in [6.45, 7) is 3.98. The molecule has 0 aromatic heterocycles. The van der Waals surface area contributed by atoms with Gasteiger partial charge >= 0.3 is 5.97 Å². The third kappa shape index (κ3) is 4.85. The number of benzene rings is 1. The van der Waals surface area contributed by atoms with E-state index in [1.54, 1.807) is 6.07 Å². The summed E-state index contributed by atoms with van der Waals surface area (Å²) in [6.07, 6.45) is 0.546. The van der Waals surface area contributed by atoms with Crippen molar-refractivity contribution in [2.24, 2.45) is 11.8 Å². The van der Waals surface area contributed by atoms with Crippen molar-refractivity contribution in [1.82, 2.24) is 0 Å². The summed E-state index contributed by atoms with van der Waals surface area (Å²) in [5, 5.41) is 9.00. The van der Waals surface area contributed by atoms with Crippen LogP contribution in [-0.4, -0.2) is 17.7 Å². The number of halogens is 1. The Hall–Kier alpha value is -1.58. The molecule has 1 aromatic rings. The molecule has 0 bridgehead atoms. The van der Waals surface area contributed by atoms with E-state index in [0.717, 1.165) is 0 Å². The lowest BCUT2D eigenvalue weighted by atomic mass is 9.98. The van der Waals surface area contributed by atoms with Gasteiger partial charge in [0.15, 0.2) is 0 Å². The maximum Gasteiger partial charge on any atom is 0.309 e. The maximum absolute atomic E-state index is 12.9. The molecular formula is C13H17FO3. The lowest BCUT2D eigenvalue weighted by Crippen LogP contribution is -2.23. The molecule has 0 aliphatic carbocycles. The zero-order valence-electron chi connectivity index (χ0n) is 10.0. The average molecular weight is 240 g/mol. The summed E-state index contributed by atoms with van der Waals surface area (Å²) in [7, 11) is 0. The van der Waals surface area contributed by atoms with Crippen LogP contribution in [0.25, 0.3) is 0 Å². The molecular weight excluding hydrogens is 223 g/mol. The van der Waals surface area contributed by atoms with E-state index in [1.807, 2.05) is 13.8 Å². The number of aliphatic carboxylic acids is 1. The molecule has 1 N–H and O–H groups in total. The summed E-state index contributed by atoms with van der Waals surface area (Å²) in [5.74, 6) is -1.18. The molecule has 0 saturated carbocycles. The Morgan fingerprint density at radius 2 is 2.18 bits per heavy atom. The molecule has 0 saturated heterocycles.